The first-order valence-corrected chi connectivity index (χ1v) is 5.26. The minimum atomic E-state index is -0.733. The lowest BCUT2D eigenvalue weighted by atomic mass is 10.2. The number of benzene rings is 2. The number of halogens is 2. The number of hydrogen-bond acceptors (Lipinski definition) is 3. The van der Waals surface area contributed by atoms with Gasteiger partial charge in [-0.15, -0.1) is 0 Å². The molecule has 0 aliphatic rings. The summed E-state index contributed by atoms with van der Waals surface area (Å²) in [5, 5.41) is 2.66. The van der Waals surface area contributed by atoms with E-state index in [1.807, 2.05) is 0 Å². The van der Waals surface area contributed by atoms with Crippen LogP contribution in [0, 0.1) is 11.6 Å². The predicted molar refractivity (Wildman–Crippen MR) is 67.0 cm³/mol. The van der Waals surface area contributed by atoms with Gasteiger partial charge in [0.2, 0.25) is 0 Å². The molecule has 2 aromatic rings. The third kappa shape index (κ3) is 2.51. The minimum absolute atomic E-state index is 0.0466. The molecule has 0 aliphatic heterocycles. The van der Waals surface area contributed by atoms with Gasteiger partial charge in [0.25, 0.3) is 0 Å². The van der Waals surface area contributed by atoms with Crippen LogP contribution >= 0.6 is 0 Å². The maximum Gasteiger partial charge on any atom is 0.151 e. The van der Waals surface area contributed by atoms with Crippen molar-refractivity contribution in [3.63, 3.8) is 0 Å². The molecule has 0 amide bonds. The Balaban J connectivity index is 2.28. The smallest absolute Gasteiger partial charge is 0.151 e. The first-order chi connectivity index (χ1) is 8.60. The van der Waals surface area contributed by atoms with E-state index in [-0.39, 0.29) is 11.4 Å². The Morgan fingerprint density at radius 2 is 1.61 bits per heavy atom. The van der Waals surface area contributed by atoms with E-state index < -0.39 is 11.6 Å². The van der Waals surface area contributed by atoms with Gasteiger partial charge in [0.05, 0.1) is 7.11 Å². The molecule has 0 aliphatic carbocycles. The standard InChI is InChI=1S/C13H12F2N2O/c1-18-10-4-2-9(3-5-10)17-13-11(14)6-8(16)7-12(13)15/h2-7,17H,16H2,1H3. The summed E-state index contributed by atoms with van der Waals surface area (Å²) < 4.78 is 32.1. The van der Waals surface area contributed by atoms with Crippen molar-refractivity contribution in [2.24, 2.45) is 0 Å². The molecule has 0 bridgehead atoms. The molecule has 0 heterocycles. The maximum absolute atomic E-state index is 13.5. The van der Waals surface area contributed by atoms with Gasteiger partial charge in [0.1, 0.15) is 11.4 Å². The van der Waals surface area contributed by atoms with E-state index in [1.165, 1.54) is 0 Å². The molecule has 5 heteroatoms. The van der Waals surface area contributed by atoms with Crippen LogP contribution in [0.1, 0.15) is 0 Å². The fourth-order valence-electron chi connectivity index (χ4n) is 1.53. The second-order valence-electron chi connectivity index (χ2n) is 3.71. The molecule has 2 rings (SSSR count). The molecule has 0 spiro atoms. The van der Waals surface area contributed by atoms with Crippen LogP contribution in [0.5, 0.6) is 5.75 Å². The molecule has 0 saturated heterocycles. The van der Waals surface area contributed by atoms with Gasteiger partial charge in [-0.2, -0.15) is 0 Å². The lowest BCUT2D eigenvalue weighted by Crippen LogP contribution is -1.99. The monoisotopic (exact) mass is 250 g/mol. The zero-order chi connectivity index (χ0) is 13.1. The number of anilines is 3. The van der Waals surface area contributed by atoms with Gasteiger partial charge in [-0.05, 0) is 36.4 Å². The van der Waals surface area contributed by atoms with Crippen LogP contribution in [-0.4, -0.2) is 7.11 Å². The van der Waals surface area contributed by atoms with Crippen molar-refractivity contribution in [2.75, 3.05) is 18.2 Å². The Morgan fingerprint density at radius 1 is 1.06 bits per heavy atom. The average Bonchev–Trinajstić information content (AvgIpc) is 2.34. The molecular formula is C13H12F2N2O. The second kappa shape index (κ2) is 4.91. The molecule has 3 nitrogen and oxygen atoms in total. The van der Waals surface area contributed by atoms with E-state index >= 15 is 0 Å². The van der Waals surface area contributed by atoms with Gasteiger partial charge >= 0.3 is 0 Å². The molecule has 2 aromatic carbocycles. The highest BCUT2D eigenvalue weighted by Gasteiger charge is 2.10. The lowest BCUT2D eigenvalue weighted by Gasteiger charge is -2.10. The summed E-state index contributed by atoms with van der Waals surface area (Å²) >= 11 is 0. The van der Waals surface area contributed by atoms with Gasteiger partial charge < -0.3 is 15.8 Å². The normalized spacial score (nSPS) is 10.2. The number of ether oxygens (including phenoxy) is 1. The largest absolute Gasteiger partial charge is 0.497 e. The molecule has 18 heavy (non-hydrogen) atoms. The van der Waals surface area contributed by atoms with Crippen LogP contribution in [0.2, 0.25) is 0 Å². The summed E-state index contributed by atoms with van der Waals surface area (Å²) in [5.74, 6) is -0.801. The van der Waals surface area contributed by atoms with Crippen LogP contribution < -0.4 is 15.8 Å². The van der Waals surface area contributed by atoms with Crippen molar-refractivity contribution >= 4 is 17.1 Å². The van der Waals surface area contributed by atoms with Gasteiger partial charge in [0.15, 0.2) is 11.6 Å². The Bertz CT molecular complexity index is 532. The summed E-state index contributed by atoms with van der Waals surface area (Å²) in [6, 6.07) is 8.83. The molecule has 0 radical (unpaired) electrons. The summed E-state index contributed by atoms with van der Waals surface area (Å²) in [7, 11) is 1.54. The molecule has 0 atom stereocenters. The van der Waals surface area contributed by atoms with E-state index in [0.717, 1.165) is 12.1 Å². The summed E-state index contributed by atoms with van der Waals surface area (Å²) in [6.45, 7) is 0. The van der Waals surface area contributed by atoms with Crippen LogP contribution in [0.15, 0.2) is 36.4 Å². The van der Waals surface area contributed by atoms with E-state index in [9.17, 15) is 8.78 Å². The number of rotatable bonds is 3. The minimum Gasteiger partial charge on any atom is -0.497 e. The molecule has 94 valence electrons. The van der Waals surface area contributed by atoms with Crippen LogP contribution in [0.25, 0.3) is 0 Å². The Morgan fingerprint density at radius 3 is 2.11 bits per heavy atom. The number of nitrogen functional groups attached to an aromatic ring is 1. The molecule has 0 saturated carbocycles. The summed E-state index contributed by atoms with van der Waals surface area (Å²) in [5.41, 5.74) is 5.71. The zero-order valence-electron chi connectivity index (χ0n) is 9.71. The third-order valence-electron chi connectivity index (χ3n) is 2.42. The molecule has 0 aromatic heterocycles. The maximum atomic E-state index is 13.5. The fraction of sp³-hybridized carbons (Fsp3) is 0.0769. The number of nitrogens with two attached hydrogens (primary N) is 1. The topological polar surface area (TPSA) is 47.3 Å². The van der Waals surface area contributed by atoms with Crippen molar-refractivity contribution in [1.82, 2.24) is 0 Å². The van der Waals surface area contributed by atoms with Crippen molar-refractivity contribution in [1.29, 1.82) is 0 Å². The molecule has 3 N–H and O–H groups in total. The van der Waals surface area contributed by atoms with Gasteiger partial charge in [-0.1, -0.05) is 0 Å². The third-order valence-corrected chi connectivity index (χ3v) is 2.42. The Kier molecular flexibility index (Phi) is 3.32. The number of methoxy groups -OCH3 is 1. The highest BCUT2D eigenvalue weighted by atomic mass is 19.1. The SMILES string of the molecule is COc1ccc(Nc2c(F)cc(N)cc2F)cc1. The highest BCUT2D eigenvalue weighted by Crippen LogP contribution is 2.26. The van der Waals surface area contributed by atoms with Crippen molar-refractivity contribution in [2.45, 2.75) is 0 Å². The quantitative estimate of drug-likeness (QED) is 0.822. The number of nitrogens with one attached hydrogen (secondary N) is 1. The van der Waals surface area contributed by atoms with Gasteiger partial charge in [-0.25, -0.2) is 8.78 Å². The van der Waals surface area contributed by atoms with Crippen molar-refractivity contribution < 1.29 is 13.5 Å². The van der Waals surface area contributed by atoms with E-state index in [0.29, 0.717) is 11.4 Å². The Labute approximate surface area is 103 Å². The van der Waals surface area contributed by atoms with Crippen LogP contribution in [0.4, 0.5) is 25.8 Å². The lowest BCUT2D eigenvalue weighted by molar-refractivity contribution is 0.415. The van der Waals surface area contributed by atoms with Gasteiger partial charge in [0, 0.05) is 11.4 Å². The Hall–Kier alpha value is -2.30. The fourth-order valence-corrected chi connectivity index (χ4v) is 1.53. The van der Waals surface area contributed by atoms with E-state index in [1.54, 1.807) is 31.4 Å². The predicted octanol–water partition coefficient (Wildman–Crippen LogP) is 3.30. The highest BCUT2D eigenvalue weighted by molar-refractivity contribution is 5.63. The summed E-state index contributed by atoms with van der Waals surface area (Å²) in [6.07, 6.45) is 0. The zero-order valence-corrected chi connectivity index (χ0v) is 9.71. The first-order valence-electron chi connectivity index (χ1n) is 5.26. The van der Waals surface area contributed by atoms with Crippen molar-refractivity contribution in [3.05, 3.63) is 48.0 Å². The average molecular weight is 250 g/mol. The molecule has 0 fully saturated rings. The van der Waals surface area contributed by atoms with Gasteiger partial charge in [-0.3, -0.25) is 0 Å². The van der Waals surface area contributed by atoms with E-state index in [4.69, 9.17) is 10.5 Å². The summed E-state index contributed by atoms with van der Waals surface area (Å²) in [4.78, 5) is 0. The van der Waals surface area contributed by atoms with E-state index in [2.05, 4.69) is 5.32 Å². The first kappa shape index (κ1) is 12.2. The second-order valence-corrected chi connectivity index (χ2v) is 3.71. The van der Waals surface area contributed by atoms with Crippen molar-refractivity contribution in [3.8, 4) is 5.75 Å². The van der Waals surface area contributed by atoms with Crippen LogP contribution in [-0.2, 0) is 0 Å². The molecular weight excluding hydrogens is 238 g/mol. The van der Waals surface area contributed by atoms with Crippen LogP contribution in [0.3, 0.4) is 0 Å². The number of hydrogen-bond donors (Lipinski definition) is 2. The molecule has 0 unspecified atom stereocenters.